The van der Waals surface area contributed by atoms with E-state index in [1.54, 1.807) is 24.3 Å². The van der Waals surface area contributed by atoms with Crippen LogP contribution in [0.3, 0.4) is 0 Å². The molecule has 0 aliphatic heterocycles. The van der Waals surface area contributed by atoms with Gasteiger partial charge in [-0.15, -0.1) is 0 Å². The Morgan fingerprint density at radius 3 is 2.33 bits per heavy atom. The van der Waals surface area contributed by atoms with Gasteiger partial charge in [0.05, 0.1) is 24.0 Å². The van der Waals surface area contributed by atoms with Crippen molar-refractivity contribution in [2.75, 3.05) is 0 Å². The zero-order valence-corrected chi connectivity index (χ0v) is 12.0. The minimum absolute atomic E-state index is 0.146. The minimum Gasteiger partial charge on any atom is -0.263 e. The quantitative estimate of drug-likeness (QED) is 0.472. The summed E-state index contributed by atoms with van der Waals surface area (Å²) in [7, 11) is 0. The van der Waals surface area contributed by atoms with Crippen LogP contribution in [-0.4, -0.2) is 10.5 Å². The highest BCUT2D eigenvalue weighted by Gasteiger charge is 2.54. The highest BCUT2D eigenvalue weighted by atomic mass is 16.6. The van der Waals surface area contributed by atoms with Crippen LogP contribution in [0.25, 0.3) is 0 Å². The van der Waals surface area contributed by atoms with Crippen LogP contribution in [0.5, 0.6) is 0 Å². The van der Waals surface area contributed by atoms with Gasteiger partial charge in [-0.2, -0.15) is 10.5 Å². The lowest BCUT2D eigenvalue weighted by molar-refractivity contribution is -0.557. The lowest BCUT2D eigenvalue weighted by atomic mass is 9.69. The van der Waals surface area contributed by atoms with E-state index in [1.807, 2.05) is 26.0 Å². The van der Waals surface area contributed by atoms with E-state index in [9.17, 15) is 15.4 Å². The Morgan fingerprint density at radius 2 is 1.86 bits per heavy atom. The number of nitriles is 2. The molecule has 0 N–H and O–H groups in total. The molecule has 0 amide bonds. The lowest BCUT2D eigenvalue weighted by Crippen LogP contribution is -2.45. The van der Waals surface area contributed by atoms with Crippen LogP contribution < -0.4 is 0 Å². The van der Waals surface area contributed by atoms with Gasteiger partial charge in [-0.1, -0.05) is 23.3 Å². The maximum atomic E-state index is 11.6. The van der Waals surface area contributed by atoms with Crippen molar-refractivity contribution in [3.05, 3.63) is 56.7 Å². The smallest absolute Gasteiger partial charge is 0.263 e. The van der Waals surface area contributed by atoms with Crippen LogP contribution >= 0.6 is 0 Å². The molecule has 1 aliphatic rings. The Kier molecular flexibility index (Phi) is 3.78. The highest BCUT2D eigenvalue weighted by Crippen LogP contribution is 2.44. The largest absolute Gasteiger partial charge is 0.316 e. The van der Waals surface area contributed by atoms with Crippen molar-refractivity contribution in [1.82, 2.24) is 0 Å². The first-order valence-electron chi connectivity index (χ1n) is 6.65. The van der Waals surface area contributed by atoms with Gasteiger partial charge in [0.1, 0.15) is 6.07 Å². The van der Waals surface area contributed by atoms with Crippen molar-refractivity contribution < 1.29 is 4.92 Å². The van der Waals surface area contributed by atoms with Gasteiger partial charge in [-0.25, -0.2) is 0 Å². The summed E-state index contributed by atoms with van der Waals surface area (Å²) in [5.74, 6) is -0.492. The molecule has 0 aromatic heterocycles. The van der Waals surface area contributed by atoms with Crippen LogP contribution in [-0.2, 0) is 0 Å². The molecule has 0 saturated carbocycles. The fraction of sp³-hybridized carbons (Fsp3) is 0.375. The number of rotatable bonds is 2. The molecule has 0 spiro atoms. The van der Waals surface area contributed by atoms with Crippen molar-refractivity contribution in [2.45, 2.75) is 38.1 Å². The number of nitro groups is 1. The summed E-state index contributed by atoms with van der Waals surface area (Å²) >= 11 is 0. The molecule has 106 valence electrons. The normalized spacial score (nSPS) is 25.0. The fourth-order valence-electron chi connectivity index (χ4n) is 2.86. The molecule has 21 heavy (non-hydrogen) atoms. The molecule has 1 aromatic rings. The molecule has 2 rings (SSSR count). The minimum atomic E-state index is -1.63. The van der Waals surface area contributed by atoms with Crippen LogP contribution in [0.1, 0.15) is 43.7 Å². The van der Waals surface area contributed by atoms with E-state index >= 15 is 0 Å². The second kappa shape index (κ2) is 5.38. The number of hydrogen-bond donors (Lipinski definition) is 0. The molecule has 2 atom stereocenters. The third kappa shape index (κ3) is 2.39. The molecule has 5 nitrogen and oxygen atoms in total. The van der Waals surface area contributed by atoms with Gasteiger partial charge in [0, 0.05) is 4.92 Å². The van der Waals surface area contributed by atoms with Gasteiger partial charge < -0.3 is 0 Å². The number of nitrogens with zero attached hydrogens (tertiary/aromatic N) is 3. The predicted octanol–water partition coefficient (Wildman–Crippen LogP) is 3.31. The first kappa shape index (κ1) is 14.7. The van der Waals surface area contributed by atoms with Gasteiger partial charge in [0.2, 0.25) is 0 Å². The average Bonchev–Trinajstić information content (AvgIpc) is 2.49. The summed E-state index contributed by atoms with van der Waals surface area (Å²) < 4.78 is 0. The van der Waals surface area contributed by atoms with E-state index in [-0.39, 0.29) is 6.42 Å². The highest BCUT2D eigenvalue weighted by molar-refractivity contribution is 5.39. The first-order valence-corrected chi connectivity index (χ1v) is 6.65. The number of benzene rings is 1. The molecule has 0 saturated heterocycles. The van der Waals surface area contributed by atoms with Gasteiger partial charge in [0.25, 0.3) is 0 Å². The maximum absolute atomic E-state index is 11.6. The molecule has 0 heterocycles. The molecule has 1 aromatic carbocycles. The third-order valence-corrected chi connectivity index (χ3v) is 4.31. The molecule has 1 aliphatic carbocycles. The Bertz CT molecular complexity index is 692. The molecule has 5 heteroatoms. The summed E-state index contributed by atoms with van der Waals surface area (Å²) in [6, 6.07) is 10.7. The molecule has 0 fully saturated rings. The van der Waals surface area contributed by atoms with E-state index < -0.39 is 16.4 Å². The zero-order valence-electron chi connectivity index (χ0n) is 12.0. The predicted molar refractivity (Wildman–Crippen MR) is 76.8 cm³/mol. The van der Waals surface area contributed by atoms with Crippen molar-refractivity contribution in [3.63, 3.8) is 0 Å². The Hall–Kier alpha value is -2.66. The first-order chi connectivity index (χ1) is 9.94. The van der Waals surface area contributed by atoms with Crippen molar-refractivity contribution in [2.24, 2.45) is 0 Å². The van der Waals surface area contributed by atoms with Gasteiger partial charge in [0.15, 0.2) is 0 Å². The van der Waals surface area contributed by atoms with E-state index in [0.29, 0.717) is 12.0 Å². The van der Waals surface area contributed by atoms with E-state index in [0.717, 1.165) is 16.7 Å². The SMILES string of the molecule is CC1=C(C)C[C@](C#N)([N+](=O)[O-])[C@@H](c2ccc(C#N)cc2)C1. The Balaban J connectivity index is 2.55. The molecular formula is C16H15N3O2. The van der Waals surface area contributed by atoms with E-state index in [4.69, 9.17) is 5.26 Å². The molecule has 0 radical (unpaired) electrons. The van der Waals surface area contributed by atoms with Gasteiger partial charge in [-0.3, -0.25) is 10.1 Å². The van der Waals surface area contributed by atoms with Crippen molar-refractivity contribution in [3.8, 4) is 12.1 Å². The van der Waals surface area contributed by atoms with Gasteiger partial charge >= 0.3 is 5.54 Å². The maximum Gasteiger partial charge on any atom is 0.316 e. The van der Waals surface area contributed by atoms with Crippen molar-refractivity contribution in [1.29, 1.82) is 10.5 Å². The standard InChI is InChI=1S/C16H15N3O2/c1-11-7-15(14-5-3-13(9-17)4-6-14)16(10-18,19(20)21)8-12(11)2/h3-6,15H,7-8H2,1-2H3/t15-,16-/m1/s1. The number of hydrogen-bond acceptors (Lipinski definition) is 4. The van der Waals surface area contributed by atoms with Crippen molar-refractivity contribution >= 4 is 0 Å². The van der Waals surface area contributed by atoms with E-state index in [2.05, 4.69) is 0 Å². The molecular weight excluding hydrogens is 266 g/mol. The zero-order chi connectivity index (χ0) is 15.6. The third-order valence-electron chi connectivity index (χ3n) is 4.31. The van der Waals surface area contributed by atoms with Gasteiger partial charge in [-0.05, 0) is 38.0 Å². The fourth-order valence-corrected chi connectivity index (χ4v) is 2.86. The van der Waals surface area contributed by atoms with Crippen LogP contribution in [0.4, 0.5) is 0 Å². The summed E-state index contributed by atoms with van der Waals surface area (Å²) in [6.07, 6.45) is 0.638. The average molecular weight is 281 g/mol. The summed E-state index contributed by atoms with van der Waals surface area (Å²) in [4.78, 5) is 11.1. The van der Waals surface area contributed by atoms with Crippen LogP contribution in [0.15, 0.2) is 35.4 Å². The molecule has 0 bridgehead atoms. The second-order valence-corrected chi connectivity index (χ2v) is 5.52. The summed E-state index contributed by atoms with van der Waals surface area (Å²) in [5.41, 5.74) is 1.62. The van der Waals surface area contributed by atoms with E-state index in [1.165, 1.54) is 0 Å². The summed E-state index contributed by atoms with van der Waals surface area (Å²) in [5, 5.41) is 29.9. The second-order valence-electron chi connectivity index (χ2n) is 5.52. The Morgan fingerprint density at radius 1 is 1.24 bits per heavy atom. The molecule has 0 unspecified atom stereocenters. The Labute approximate surface area is 123 Å². The number of allylic oxidation sites excluding steroid dienone is 1. The lowest BCUT2D eigenvalue weighted by Gasteiger charge is -2.33. The van der Waals surface area contributed by atoms with Crippen LogP contribution in [0, 0.1) is 32.8 Å². The summed E-state index contributed by atoms with van der Waals surface area (Å²) in [6.45, 7) is 3.80. The monoisotopic (exact) mass is 281 g/mol. The topological polar surface area (TPSA) is 90.7 Å². The van der Waals surface area contributed by atoms with Crippen LogP contribution in [0.2, 0.25) is 0 Å².